The molecule has 1 amide bonds. The van der Waals surface area contributed by atoms with Gasteiger partial charge in [0.2, 0.25) is 5.78 Å². The Kier molecular flexibility index (Phi) is 4.32. The quantitative estimate of drug-likeness (QED) is 0.753. The van der Waals surface area contributed by atoms with Gasteiger partial charge in [-0.1, -0.05) is 0 Å². The Morgan fingerprint density at radius 3 is 2.39 bits per heavy atom. The Morgan fingerprint density at radius 2 is 1.89 bits per heavy atom. The average molecular weight is 257 g/mol. The number of Topliss-reactive ketones (excluding diaryl/α,β-unsaturated/α-hetero) is 1. The van der Waals surface area contributed by atoms with E-state index in [-0.39, 0.29) is 6.54 Å². The fourth-order valence-electron chi connectivity index (χ4n) is 1.86. The Hall–Kier alpha value is -1.59. The molecule has 1 fully saturated rings. The second-order valence-corrected chi connectivity index (χ2v) is 5.43. The van der Waals surface area contributed by atoms with Gasteiger partial charge in [0.25, 0.3) is 0 Å². The van der Waals surface area contributed by atoms with Crippen molar-refractivity contribution in [3.63, 3.8) is 0 Å². The van der Waals surface area contributed by atoms with Crippen LogP contribution in [0, 0.1) is 5.92 Å². The zero-order chi connectivity index (χ0) is 13.9. The number of amides is 1. The molecule has 0 bridgehead atoms. The Morgan fingerprint density at radius 1 is 1.28 bits per heavy atom. The van der Waals surface area contributed by atoms with E-state index in [4.69, 9.17) is 9.84 Å². The van der Waals surface area contributed by atoms with Crippen molar-refractivity contribution in [2.75, 3.05) is 13.1 Å². The van der Waals surface area contributed by atoms with Crippen LogP contribution < -0.4 is 0 Å². The lowest BCUT2D eigenvalue weighted by molar-refractivity contribution is -0.151. The van der Waals surface area contributed by atoms with Crippen LogP contribution in [0.3, 0.4) is 0 Å². The highest BCUT2D eigenvalue weighted by Crippen LogP contribution is 2.20. The fourth-order valence-corrected chi connectivity index (χ4v) is 1.86. The molecule has 6 nitrogen and oxygen atoms in total. The van der Waals surface area contributed by atoms with Crippen molar-refractivity contribution in [2.45, 2.75) is 39.2 Å². The van der Waals surface area contributed by atoms with Crippen LogP contribution in [0.25, 0.3) is 0 Å². The lowest BCUT2D eigenvalue weighted by Gasteiger charge is -2.32. The molecule has 18 heavy (non-hydrogen) atoms. The number of hydrogen-bond donors (Lipinski definition) is 1. The maximum Gasteiger partial charge on any atom is 0.410 e. The minimum absolute atomic E-state index is 0.125. The Balaban J connectivity index is 2.61. The topological polar surface area (TPSA) is 83.9 Å². The van der Waals surface area contributed by atoms with E-state index in [0.717, 1.165) is 0 Å². The van der Waals surface area contributed by atoms with E-state index in [1.807, 2.05) is 0 Å². The number of carboxylic acids is 1. The molecule has 1 atom stereocenters. The first-order chi connectivity index (χ1) is 8.20. The monoisotopic (exact) mass is 257 g/mol. The van der Waals surface area contributed by atoms with Gasteiger partial charge < -0.3 is 14.7 Å². The van der Waals surface area contributed by atoms with E-state index in [9.17, 15) is 14.4 Å². The van der Waals surface area contributed by atoms with E-state index in [2.05, 4.69) is 0 Å². The number of rotatable bonds is 2. The van der Waals surface area contributed by atoms with Gasteiger partial charge in [0.15, 0.2) is 0 Å². The zero-order valence-electron chi connectivity index (χ0n) is 10.9. The highest BCUT2D eigenvalue weighted by molar-refractivity contribution is 6.33. The van der Waals surface area contributed by atoms with Crippen LogP contribution in [0.2, 0.25) is 0 Å². The molecule has 0 aromatic carbocycles. The van der Waals surface area contributed by atoms with Crippen molar-refractivity contribution in [3.05, 3.63) is 0 Å². The molecule has 1 aliphatic heterocycles. The van der Waals surface area contributed by atoms with Gasteiger partial charge in [0.05, 0.1) is 0 Å². The first kappa shape index (κ1) is 14.5. The summed E-state index contributed by atoms with van der Waals surface area (Å²) in [4.78, 5) is 35.2. The van der Waals surface area contributed by atoms with Gasteiger partial charge in [-0.3, -0.25) is 4.79 Å². The summed E-state index contributed by atoms with van der Waals surface area (Å²) in [5, 5.41) is 8.66. The van der Waals surface area contributed by atoms with Crippen molar-refractivity contribution >= 4 is 17.8 Å². The molecule has 0 radical (unpaired) electrons. The summed E-state index contributed by atoms with van der Waals surface area (Å²) in [6, 6.07) is 0. The van der Waals surface area contributed by atoms with Gasteiger partial charge in [0, 0.05) is 19.0 Å². The minimum atomic E-state index is -1.44. The number of nitrogens with zero attached hydrogens (tertiary/aromatic N) is 1. The van der Waals surface area contributed by atoms with Gasteiger partial charge >= 0.3 is 12.1 Å². The van der Waals surface area contributed by atoms with Gasteiger partial charge in [-0.25, -0.2) is 9.59 Å². The molecule has 0 saturated carbocycles. The fraction of sp³-hybridized carbons (Fsp3) is 0.750. The summed E-state index contributed by atoms with van der Waals surface area (Å²) < 4.78 is 5.19. The molecule has 0 aliphatic carbocycles. The van der Waals surface area contributed by atoms with E-state index in [1.165, 1.54) is 4.90 Å². The normalized spacial score (nSPS) is 20.4. The molecule has 0 aromatic rings. The second kappa shape index (κ2) is 5.37. The maximum atomic E-state index is 11.8. The molecule has 1 saturated heterocycles. The van der Waals surface area contributed by atoms with Gasteiger partial charge in [0.1, 0.15) is 5.60 Å². The summed E-state index contributed by atoms with van der Waals surface area (Å²) >= 11 is 0. The highest BCUT2D eigenvalue weighted by Gasteiger charge is 2.33. The summed E-state index contributed by atoms with van der Waals surface area (Å²) in [6.45, 7) is 5.90. The Labute approximate surface area is 106 Å². The molecule has 102 valence electrons. The summed E-state index contributed by atoms with van der Waals surface area (Å²) in [5.74, 6) is -2.89. The van der Waals surface area contributed by atoms with Gasteiger partial charge in [-0.2, -0.15) is 0 Å². The third-order valence-electron chi connectivity index (χ3n) is 2.65. The molecular weight excluding hydrogens is 238 g/mol. The smallest absolute Gasteiger partial charge is 0.410 e. The summed E-state index contributed by atoms with van der Waals surface area (Å²) in [6.07, 6.45) is 0.623. The molecule has 6 heteroatoms. The van der Waals surface area contributed by atoms with Gasteiger partial charge in [-0.15, -0.1) is 0 Å². The third kappa shape index (κ3) is 4.01. The number of carbonyl (C=O) groups excluding carboxylic acids is 2. The van der Waals surface area contributed by atoms with Crippen molar-refractivity contribution in [1.82, 2.24) is 4.90 Å². The SMILES string of the molecule is CC(C)(C)OC(=O)N1CCCC(C(=O)C(=O)O)C1. The largest absolute Gasteiger partial charge is 0.475 e. The standard InChI is InChI=1S/C12H19NO5/c1-12(2,3)18-11(17)13-6-4-5-8(7-13)9(14)10(15)16/h8H,4-7H2,1-3H3,(H,15,16). The number of ether oxygens (including phenoxy) is 1. The van der Waals surface area contributed by atoms with Crippen molar-refractivity contribution < 1.29 is 24.2 Å². The van der Waals surface area contributed by atoms with Crippen LogP contribution in [0.5, 0.6) is 0 Å². The number of likely N-dealkylation sites (tertiary alicyclic amines) is 1. The van der Waals surface area contributed by atoms with E-state index in [1.54, 1.807) is 20.8 Å². The van der Waals surface area contributed by atoms with Crippen LogP contribution in [-0.4, -0.2) is 46.5 Å². The molecule has 1 rings (SSSR count). The molecular formula is C12H19NO5. The number of carbonyl (C=O) groups is 3. The Bertz CT molecular complexity index is 358. The number of piperidine rings is 1. The lowest BCUT2D eigenvalue weighted by Crippen LogP contribution is -2.45. The molecule has 0 spiro atoms. The average Bonchev–Trinajstić information content (AvgIpc) is 2.25. The first-order valence-corrected chi connectivity index (χ1v) is 5.96. The maximum absolute atomic E-state index is 11.8. The van der Waals surface area contributed by atoms with Crippen molar-refractivity contribution in [1.29, 1.82) is 0 Å². The first-order valence-electron chi connectivity index (χ1n) is 5.96. The number of aliphatic carboxylic acids is 1. The molecule has 1 aliphatic rings. The third-order valence-corrected chi connectivity index (χ3v) is 2.65. The highest BCUT2D eigenvalue weighted by atomic mass is 16.6. The van der Waals surface area contributed by atoms with Crippen LogP contribution in [0.1, 0.15) is 33.6 Å². The molecule has 1 unspecified atom stereocenters. The second-order valence-electron chi connectivity index (χ2n) is 5.43. The summed E-state index contributed by atoms with van der Waals surface area (Å²) in [5.41, 5.74) is -0.596. The predicted octanol–water partition coefficient (Wildman–Crippen LogP) is 1.29. The van der Waals surface area contributed by atoms with E-state index in [0.29, 0.717) is 19.4 Å². The number of ketones is 1. The van der Waals surface area contributed by atoms with Crippen LogP contribution in [-0.2, 0) is 14.3 Å². The van der Waals surface area contributed by atoms with Crippen LogP contribution >= 0.6 is 0 Å². The van der Waals surface area contributed by atoms with Crippen LogP contribution in [0.15, 0.2) is 0 Å². The lowest BCUT2D eigenvalue weighted by atomic mass is 9.94. The van der Waals surface area contributed by atoms with Crippen molar-refractivity contribution in [3.8, 4) is 0 Å². The minimum Gasteiger partial charge on any atom is -0.475 e. The van der Waals surface area contributed by atoms with E-state index >= 15 is 0 Å². The molecule has 1 heterocycles. The summed E-state index contributed by atoms with van der Waals surface area (Å²) in [7, 11) is 0. The van der Waals surface area contributed by atoms with E-state index < -0.39 is 29.4 Å². The van der Waals surface area contributed by atoms with Crippen LogP contribution in [0.4, 0.5) is 4.79 Å². The molecule has 1 N–H and O–H groups in total. The number of carboxylic acid groups (broad SMARTS) is 1. The predicted molar refractivity (Wildman–Crippen MR) is 63.2 cm³/mol. The molecule has 0 aromatic heterocycles. The number of hydrogen-bond acceptors (Lipinski definition) is 4. The zero-order valence-corrected chi connectivity index (χ0v) is 10.9. The van der Waals surface area contributed by atoms with Gasteiger partial charge in [-0.05, 0) is 33.6 Å². The van der Waals surface area contributed by atoms with Crippen molar-refractivity contribution in [2.24, 2.45) is 5.92 Å².